The molecular formula is C16H25Cl3NO7PS. The lowest BCUT2D eigenvalue weighted by molar-refractivity contribution is 0.208. The van der Waals surface area contributed by atoms with Crippen molar-refractivity contribution in [2.75, 3.05) is 26.9 Å². The first-order valence-electron chi connectivity index (χ1n) is 8.63. The Morgan fingerprint density at radius 2 is 1.62 bits per heavy atom. The summed E-state index contributed by atoms with van der Waals surface area (Å²) in [6.07, 6.45) is 0. The average molecular weight is 513 g/mol. The molecule has 0 aliphatic carbocycles. The van der Waals surface area contributed by atoms with Gasteiger partial charge in [0, 0.05) is 0 Å². The summed E-state index contributed by atoms with van der Waals surface area (Å²) >= 11 is 16.7. The fourth-order valence-corrected chi connectivity index (χ4v) is 5.79. The monoisotopic (exact) mass is 511 g/mol. The second-order valence-corrected chi connectivity index (χ2v) is 12.1. The largest absolute Gasteiger partial charge is 0.497 e. The number of hydrogen-bond donors (Lipinski definition) is 1. The summed E-state index contributed by atoms with van der Waals surface area (Å²) in [5.74, 6) is 0.563. The van der Waals surface area contributed by atoms with Gasteiger partial charge in [-0.2, -0.15) is 13.1 Å². The minimum absolute atomic E-state index is 0.119. The minimum Gasteiger partial charge on any atom is -0.497 e. The van der Waals surface area contributed by atoms with Crippen molar-refractivity contribution in [2.45, 2.75) is 36.3 Å². The van der Waals surface area contributed by atoms with E-state index in [1.165, 1.54) is 7.11 Å². The van der Waals surface area contributed by atoms with Crippen molar-refractivity contribution in [1.82, 2.24) is 4.72 Å². The summed E-state index contributed by atoms with van der Waals surface area (Å²) in [6.45, 7) is 4.41. The van der Waals surface area contributed by atoms with Gasteiger partial charge in [-0.1, -0.05) is 46.9 Å². The molecule has 168 valence electrons. The van der Waals surface area contributed by atoms with Gasteiger partial charge in [-0.3, -0.25) is 8.75 Å². The minimum atomic E-state index is -4.38. The number of rotatable bonds is 12. The van der Waals surface area contributed by atoms with Gasteiger partial charge in [0.2, 0.25) is 3.79 Å². The Morgan fingerprint density at radius 3 is 2.03 bits per heavy atom. The molecule has 1 N–H and O–H groups in total. The van der Waals surface area contributed by atoms with Gasteiger partial charge in [0.25, 0.3) is 0 Å². The molecule has 0 saturated heterocycles. The van der Waals surface area contributed by atoms with E-state index in [4.69, 9.17) is 52.8 Å². The average Bonchev–Trinajstić information content (AvgIpc) is 2.64. The van der Waals surface area contributed by atoms with Crippen LogP contribution in [0.1, 0.15) is 32.4 Å². The molecule has 29 heavy (non-hydrogen) atoms. The van der Waals surface area contributed by atoms with Crippen LogP contribution in [-0.2, 0) is 28.1 Å². The maximum atomic E-state index is 13.2. The molecule has 0 bridgehead atoms. The molecule has 0 aliphatic rings. The maximum Gasteiger partial charge on any atom is 0.336 e. The predicted octanol–water partition coefficient (Wildman–Crippen LogP) is 4.61. The SMILES string of the molecule is CCOP(=O)(OCC)[C@@H](C)[C@H](NS(=O)(=O)OCC(Cl)(Cl)Cl)c1ccc(OC)cc1. The zero-order chi connectivity index (χ0) is 22.3. The Hall–Kier alpha value is -0.0900. The Labute approximate surface area is 186 Å². The highest BCUT2D eigenvalue weighted by atomic mass is 35.6. The van der Waals surface area contributed by atoms with Crippen LogP contribution < -0.4 is 9.46 Å². The smallest absolute Gasteiger partial charge is 0.336 e. The predicted molar refractivity (Wildman–Crippen MR) is 114 cm³/mol. The molecule has 1 aromatic carbocycles. The molecule has 13 heteroatoms. The summed E-state index contributed by atoms with van der Waals surface area (Å²) in [4.78, 5) is 0. The Balaban J connectivity index is 3.28. The third kappa shape index (κ3) is 8.89. The number of ether oxygens (including phenoxy) is 1. The highest BCUT2D eigenvalue weighted by Crippen LogP contribution is 2.56. The van der Waals surface area contributed by atoms with Crippen molar-refractivity contribution in [1.29, 1.82) is 0 Å². The Morgan fingerprint density at radius 1 is 1.10 bits per heavy atom. The van der Waals surface area contributed by atoms with E-state index in [0.29, 0.717) is 11.3 Å². The zero-order valence-corrected chi connectivity index (χ0v) is 20.4. The van der Waals surface area contributed by atoms with E-state index in [2.05, 4.69) is 4.72 Å². The van der Waals surface area contributed by atoms with Crippen LogP contribution in [-0.4, -0.2) is 44.8 Å². The zero-order valence-electron chi connectivity index (χ0n) is 16.4. The van der Waals surface area contributed by atoms with Crippen molar-refractivity contribution in [2.24, 2.45) is 0 Å². The van der Waals surface area contributed by atoms with Crippen molar-refractivity contribution in [3.05, 3.63) is 29.8 Å². The van der Waals surface area contributed by atoms with Crippen LogP contribution in [0, 0.1) is 0 Å². The highest BCUT2D eigenvalue weighted by Gasteiger charge is 2.40. The molecule has 1 rings (SSSR count). The van der Waals surface area contributed by atoms with E-state index in [-0.39, 0.29) is 13.2 Å². The van der Waals surface area contributed by atoms with Crippen molar-refractivity contribution in [3.8, 4) is 5.75 Å². The van der Waals surface area contributed by atoms with Crippen LogP contribution in [0.3, 0.4) is 0 Å². The topological polar surface area (TPSA) is 100 Å². The van der Waals surface area contributed by atoms with E-state index < -0.39 is 40.0 Å². The molecule has 0 fully saturated rings. The van der Waals surface area contributed by atoms with Gasteiger partial charge in [0.15, 0.2) is 0 Å². The summed E-state index contributed by atoms with van der Waals surface area (Å²) < 4.78 is 59.1. The van der Waals surface area contributed by atoms with Gasteiger partial charge in [0.1, 0.15) is 12.4 Å². The Bertz CT molecular complexity index is 777. The van der Waals surface area contributed by atoms with Crippen LogP contribution in [0.2, 0.25) is 0 Å². The van der Waals surface area contributed by atoms with Gasteiger partial charge >= 0.3 is 17.9 Å². The molecular weight excluding hydrogens is 488 g/mol. The van der Waals surface area contributed by atoms with Gasteiger partial charge in [-0.05, 0) is 38.5 Å². The molecule has 0 spiro atoms. The molecule has 0 aromatic heterocycles. The first-order valence-corrected chi connectivity index (χ1v) is 12.8. The molecule has 1 aromatic rings. The first-order chi connectivity index (χ1) is 13.4. The number of methoxy groups -OCH3 is 1. The number of nitrogens with one attached hydrogen (secondary N) is 1. The number of hydrogen-bond acceptors (Lipinski definition) is 7. The van der Waals surface area contributed by atoms with Crippen LogP contribution in [0.4, 0.5) is 0 Å². The molecule has 0 saturated carbocycles. The standard InChI is InChI=1S/C16H25Cl3NO7PS/c1-5-25-28(21,26-6-2)12(3)15(13-7-9-14(24-4)10-8-13)20-29(22,23)27-11-16(17,18)19/h7-10,12,15,20H,5-6,11H2,1-4H3/t12-,15-/m0/s1. The number of alkyl halides is 3. The van der Waals surface area contributed by atoms with E-state index in [0.717, 1.165) is 0 Å². The van der Waals surface area contributed by atoms with Crippen LogP contribution in [0.15, 0.2) is 24.3 Å². The molecule has 0 unspecified atom stereocenters. The summed E-state index contributed by atoms with van der Waals surface area (Å²) in [5, 5.41) is 0. The van der Waals surface area contributed by atoms with E-state index in [9.17, 15) is 13.0 Å². The summed E-state index contributed by atoms with van der Waals surface area (Å²) in [6, 6.07) is 5.50. The third-order valence-electron chi connectivity index (χ3n) is 3.72. The van der Waals surface area contributed by atoms with E-state index >= 15 is 0 Å². The van der Waals surface area contributed by atoms with Crippen molar-refractivity contribution in [3.63, 3.8) is 0 Å². The lowest BCUT2D eigenvalue weighted by atomic mass is 10.1. The van der Waals surface area contributed by atoms with E-state index in [1.54, 1.807) is 45.0 Å². The second kappa shape index (κ2) is 11.5. The normalized spacial score (nSPS) is 15.1. The molecule has 0 amide bonds. The fraction of sp³-hybridized carbons (Fsp3) is 0.625. The summed E-state index contributed by atoms with van der Waals surface area (Å²) in [5.41, 5.74) is -0.416. The molecule has 8 nitrogen and oxygen atoms in total. The molecule has 2 atom stereocenters. The first kappa shape index (κ1) is 26.9. The van der Waals surface area contributed by atoms with Crippen LogP contribution in [0.25, 0.3) is 0 Å². The highest BCUT2D eigenvalue weighted by molar-refractivity contribution is 7.84. The van der Waals surface area contributed by atoms with Crippen LogP contribution >= 0.6 is 42.4 Å². The molecule has 0 heterocycles. The number of halogens is 3. The van der Waals surface area contributed by atoms with Crippen molar-refractivity contribution >= 4 is 52.7 Å². The van der Waals surface area contributed by atoms with Gasteiger partial charge in [0.05, 0.1) is 32.0 Å². The molecule has 0 radical (unpaired) electrons. The van der Waals surface area contributed by atoms with Crippen molar-refractivity contribution < 1.29 is 31.0 Å². The Kier molecular flexibility index (Phi) is 10.7. The number of benzene rings is 1. The second-order valence-electron chi connectivity index (χ2n) is 5.82. The molecule has 0 aliphatic heterocycles. The van der Waals surface area contributed by atoms with E-state index in [1.807, 2.05) is 0 Å². The fourth-order valence-electron chi connectivity index (χ4n) is 2.41. The summed E-state index contributed by atoms with van der Waals surface area (Å²) in [7, 11) is -6.56. The van der Waals surface area contributed by atoms with Gasteiger partial charge < -0.3 is 13.8 Å². The quantitative estimate of drug-likeness (QED) is 0.322. The maximum absolute atomic E-state index is 13.2. The van der Waals surface area contributed by atoms with Gasteiger partial charge in [-0.25, -0.2) is 0 Å². The van der Waals surface area contributed by atoms with Gasteiger partial charge in [-0.15, -0.1) is 0 Å². The van der Waals surface area contributed by atoms with Crippen LogP contribution in [0.5, 0.6) is 5.75 Å². The third-order valence-corrected chi connectivity index (χ3v) is 7.55. The lowest BCUT2D eigenvalue weighted by Crippen LogP contribution is -2.37. The lowest BCUT2D eigenvalue weighted by Gasteiger charge is -2.30.